The molecule has 2 N–H and O–H groups in total. The van der Waals surface area contributed by atoms with E-state index in [1.165, 1.54) is 12.2 Å². The third-order valence-electron chi connectivity index (χ3n) is 4.12. The molecule has 7 heteroatoms. The normalized spacial score (nSPS) is 16.9. The molecule has 132 valence electrons. The predicted molar refractivity (Wildman–Crippen MR) is 85.1 cm³/mol. The molecule has 0 aliphatic heterocycles. The lowest BCUT2D eigenvalue weighted by Gasteiger charge is -2.16. The molecule has 0 saturated carbocycles. The molecule has 2 atom stereocenters. The van der Waals surface area contributed by atoms with Crippen molar-refractivity contribution in [2.24, 2.45) is 11.8 Å². The summed E-state index contributed by atoms with van der Waals surface area (Å²) >= 11 is 0. The minimum atomic E-state index is -1.50. The van der Waals surface area contributed by atoms with Crippen LogP contribution >= 0.6 is 0 Å². The number of carbonyl (C=O) groups is 5. The van der Waals surface area contributed by atoms with Crippen LogP contribution in [0.15, 0.2) is 12.2 Å². The van der Waals surface area contributed by atoms with Gasteiger partial charge in [-0.1, -0.05) is 19.8 Å². The van der Waals surface area contributed by atoms with E-state index in [0.717, 1.165) is 19.8 Å². The molecule has 0 bridgehead atoms. The van der Waals surface area contributed by atoms with Crippen molar-refractivity contribution in [2.75, 3.05) is 0 Å². The third kappa shape index (κ3) is 5.72. The molecule has 0 radical (unpaired) electrons. The van der Waals surface area contributed by atoms with Crippen LogP contribution in [0.4, 0.5) is 0 Å². The average molecular weight is 337 g/mol. The Kier molecular flexibility index (Phi) is 7.48. The van der Waals surface area contributed by atoms with Gasteiger partial charge >= 0.3 is 5.97 Å². The standard InChI is InChI=1S/C17H23NO6/c1-10(15-12(20)8-9-13(15)21)6-4-3-5-7-14(22)18-16(11(2)19)17(23)24/h8-10,15-16H,3-7H2,1-2H3,(H,18,22)(H,23,24). The van der Waals surface area contributed by atoms with Crippen molar-refractivity contribution in [3.8, 4) is 0 Å². The molecule has 1 aliphatic rings. The highest BCUT2D eigenvalue weighted by Crippen LogP contribution is 2.25. The van der Waals surface area contributed by atoms with Crippen LogP contribution in [0, 0.1) is 11.8 Å². The second-order valence-corrected chi connectivity index (χ2v) is 6.14. The van der Waals surface area contributed by atoms with E-state index in [-0.39, 0.29) is 23.9 Å². The average Bonchev–Trinajstić information content (AvgIpc) is 2.82. The lowest BCUT2D eigenvalue weighted by molar-refractivity contribution is -0.145. The van der Waals surface area contributed by atoms with Crippen LogP contribution in [-0.2, 0) is 24.0 Å². The Morgan fingerprint density at radius 2 is 1.71 bits per heavy atom. The SMILES string of the molecule is CC(=O)C(NC(=O)CCCCCC(C)C1C(=O)C=CC1=O)C(=O)O. The van der Waals surface area contributed by atoms with Crippen molar-refractivity contribution in [2.45, 2.75) is 52.0 Å². The quantitative estimate of drug-likeness (QED) is 0.454. The summed E-state index contributed by atoms with van der Waals surface area (Å²) in [5.41, 5.74) is 0. The fourth-order valence-electron chi connectivity index (χ4n) is 2.74. The van der Waals surface area contributed by atoms with Crippen LogP contribution in [-0.4, -0.2) is 40.4 Å². The molecule has 0 aromatic heterocycles. The number of carboxylic acids is 1. The number of aliphatic carboxylic acids is 1. The number of ketones is 3. The maximum atomic E-state index is 11.6. The predicted octanol–water partition coefficient (Wildman–Crippen LogP) is 1.06. The molecule has 1 rings (SSSR count). The van der Waals surface area contributed by atoms with Gasteiger partial charge in [0.15, 0.2) is 23.4 Å². The molecule has 7 nitrogen and oxygen atoms in total. The zero-order valence-electron chi connectivity index (χ0n) is 13.9. The number of allylic oxidation sites excluding steroid dienone is 2. The number of carboxylic acid groups (broad SMARTS) is 1. The highest BCUT2D eigenvalue weighted by Gasteiger charge is 2.32. The van der Waals surface area contributed by atoms with E-state index in [0.29, 0.717) is 12.8 Å². The molecule has 0 heterocycles. The summed E-state index contributed by atoms with van der Waals surface area (Å²) in [5, 5.41) is 11.0. The van der Waals surface area contributed by atoms with Gasteiger partial charge in [-0.3, -0.25) is 19.2 Å². The minimum Gasteiger partial charge on any atom is -0.479 e. The molecule has 0 saturated heterocycles. The molecule has 24 heavy (non-hydrogen) atoms. The van der Waals surface area contributed by atoms with Gasteiger partial charge in [-0.2, -0.15) is 0 Å². The minimum absolute atomic E-state index is 0.0390. The monoisotopic (exact) mass is 337 g/mol. The van der Waals surface area contributed by atoms with Gasteiger partial charge in [0.05, 0.1) is 5.92 Å². The van der Waals surface area contributed by atoms with Crippen molar-refractivity contribution in [3.63, 3.8) is 0 Å². The number of amides is 1. The van der Waals surface area contributed by atoms with Gasteiger partial charge in [-0.25, -0.2) is 4.79 Å². The second kappa shape index (κ2) is 9.10. The third-order valence-corrected chi connectivity index (χ3v) is 4.12. The Balaban J connectivity index is 2.23. The fourth-order valence-corrected chi connectivity index (χ4v) is 2.74. The number of carbonyl (C=O) groups excluding carboxylic acids is 4. The Hall–Kier alpha value is -2.31. The van der Waals surface area contributed by atoms with Crippen LogP contribution in [0.2, 0.25) is 0 Å². The number of Topliss-reactive ketones (excluding diaryl/α,β-unsaturated/α-hetero) is 1. The molecular formula is C17H23NO6. The zero-order valence-corrected chi connectivity index (χ0v) is 13.9. The van der Waals surface area contributed by atoms with Gasteiger partial charge in [0.2, 0.25) is 5.91 Å². The van der Waals surface area contributed by atoms with Crippen molar-refractivity contribution in [1.29, 1.82) is 0 Å². The van der Waals surface area contributed by atoms with E-state index < -0.39 is 29.6 Å². The lowest BCUT2D eigenvalue weighted by Crippen LogP contribution is -2.45. The first-order chi connectivity index (χ1) is 11.2. The van der Waals surface area contributed by atoms with Crippen LogP contribution in [0.1, 0.15) is 46.0 Å². The Morgan fingerprint density at radius 1 is 1.12 bits per heavy atom. The van der Waals surface area contributed by atoms with Crippen molar-refractivity contribution >= 4 is 29.2 Å². The smallest absolute Gasteiger partial charge is 0.334 e. The maximum absolute atomic E-state index is 11.6. The molecule has 0 spiro atoms. The first-order valence-electron chi connectivity index (χ1n) is 8.02. The highest BCUT2D eigenvalue weighted by molar-refractivity contribution is 6.18. The second-order valence-electron chi connectivity index (χ2n) is 6.14. The van der Waals surface area contributed by atoms with Crippen molar-refractivity contribution in [3.05, 3.63) is 12.2 Å². The van der Waals surface area contributed by atoms with Gasteiger partial charge in [-0.15, -0.1) is 0 Å². The van der Waals surface area contributed by atoms with Gasteiger partial charge in [-0.05, 0) is 37.8 Å². The Labute approximate surface area is 140 Å². The molecule has 1 aliphatic carbocycles. The number of unbranched alkanes of at least 4 members (excludes halogenated alkanes) is 2. The summed E-state index contributed by atoms with van der Waals surface area (Å²) in [6.45, 7) is 2.98. The summed E-state index contributed by atoms with van der Waals surface area (Å²) in [6.07, 6.45) is 5.51. The number of hydrogen-bond acceptors (Lipinski definition) is 5. The number of nitrogens with one attached hydrogen (secondary N) is 1. The summed E-state index contributed by atoms with van der Waals surface area (Å²) < 4.78 is 0. The molecule has 0 aromatic carbocycles. The molecular weight excluding hydrogens is 314 g/mol. The summed E-state index contributed by atoms with van der Waals surface area (Å²) in [5.74, 6) is -3.36. The maximum Gasteiger partial charge on any atom is 0.334 e. The van der Waals surface area contributed by atoms with E-state index in [1.807, 2.05) is 6.92 Å². The van der Waals surface area contributed by atoms with Crippen molar-refractivity contribution in [1.82, 2.24) is 5.32 Å². The van der Waals surface area contributed by atoms with Crippen LogP contribution in [0.5, 0.6) is 0 Å². The molecule has 0 fully saturated rings. The molecule has 0 aromatic rings. The summed E-state index contributed by atoms with van der Waals surface area (Å²) in [7, 11) is 0. The van der Waals surface area contributed by atoms with E-state index in [2.05, 4.69) is 5.32 Å². The van der Waals surface area contributed by atoms with E-state index in [1.54, 1.807) is 0 Å². The lowest BCUT2D eigenvalue weighted by atomic mass is 9.86. The summed E-state index contributed by atoms with van der Waals surface area (Å²) in [4.78, 5) is 56.7. The van der Waals surface area contributed by atoms with Crippen LogP contribution < -0.4 is 5.32 Å². The van der Waals surface area contributed by atoms with Crippen molar-refractivity contribution < 1.29 is 29.1 Å². The van der Waals surface area contributed by atoms with E-state index >= 15 is 0 Å². The number of rotatable bonds is 10. The Morgan fingerprint density at radius 3 is 2.21 bits per heavy atom. The highest BCUT2D eigenvalue weighted by atomic mass is 16.4. The topological polar surface area (TPSA) is 118 Å². The van der Waals surface area contributed by atoms with Crippen LogP contribution in [0.25, 0.3) is 0 Å². The summed E-state index contributed by atoms with van der Waals surface area (Å²) in [6, 6.07) is -1.50. The van der Waals surface area contributed by atoms with Gasteiger partial charge in [0, 0.05) is 6.42 Å². The van der Waals surface area contributed by atoms with Crippen LogP contribution in [0.3, 0.4) is 0 Å². The Bertz CT molecular complexity index is 533. The van der Waals surface area contributed by atoms with Gasteiger partial charge in [0.25, 0.3) is 0 Å². The first-order valence-corrected chi connectivity index (χ1v) is 8.02. The van der Waals surface area contributed by atoms with Gasteiger partial charge in [0.1, 0.15) is 0 Å². The molecule has 1 amide bonds. The molecule has 2 unspecified atom stereocenters. The number of hydrogen-bond donors (Lipinski definition) is 2. The zero-order chi connectivity index (χ0) is 18.3. The van der Waals surface area contributed by atoms with Gasteiger partial charge < -0.3 is 10.4 Å². The largest absolute Gasteiger partial charge is 0.479 e. The first kappa shape index (κ1) is 19.7. The fraction of sp³-hybridized carbons (Fsp3) is 0.588. The van der Waals surface area contributed by atoms with E-state index in [4.69, 9.17) is 5.11 Å². The van der Waals surface area contributed by atoms with E-state index in [9.17, 15) is 24.0 Å².